The fraction of sp³-hybridized carbons (Fsp3) is 0.727. The van der Waals surface area contributed by atoms with E-state index in [1.165, 1.54) is 0 Å². The van der Waals surface area contributed by atoms with Gasteiger partial charge in [0.15, 0.2) is 0 Å². The molecule has 0 aliphatic rings. The van der Waals surface area contributed by atoms with Crippen molar-refractivity contribution in [3.63, 3.8) is 0 Å². The van der Waals surface area contributed by atoms with Gasteiger partial charge in [-0.1, -0.05) is 13.8 Å². The van der Waals surface area contributed by atoms with Gasteiger partial charge in [-0.15, -0.1) is 0 Å². The highest BCUT2D eigenvalue weighted by Gasteiger charge is 2.08. The van der Waals surface area contributed by atoms with Gasteiger partial charge in [-0.25, -0.2) is 4.98 Å². The number of aromatic nitrogens is 2. The molecule has 86 valence electrons. The summed E-state index contributed by atoms with van der Waals surface area (Å²) in [6.07, 6.45) is 5.99. The Balaban J connectivity index is 2.57. The van der Waals surface area contributed by atoms with Crippen LogP contribution in [0, 0.1) is 0 Å². The van der Waals surface area contributed by atoms with Crippen molar-refractivity contribution >= 4 is 5.95 Å². The number of rotatable bonds is 7. The molecule has 1 atom stereocenters. The van der Waals surface area contributed by atoms with Crippen molar-refractivity contribution < 1.29 is 4.74 Å². The van der Waals surface area contributed by atoms with Crippen molar-refractivity contribution in [1.29, 1.82) is 0 Å². The zero-order chi connectivity index (χ0) is 11.1. The summed E-state index contributed by atoms with van der Waals surface area (Å²) < 4.78 is 7.28. The van der Waals surface area contributed by atoms with Crippen LogP contribution >= 0.6 is 0 Å². The Morgan fingerprint density at radius 1 is 1.53 bits per heavy atom. The van der Waals surface area contributed by atoms with E-state index in [0.29, 0.717) is 6.04 Å². The van der Waals surface area contributed by atoms with E-state index in [9.17, 15) is 0 Å². The molecule has 0 aromatic carbocycles. The van der Waals surface area contributed by atoms with Crippen LogP contribution in [0.1, 0.15) is 26.7 Å². The summed E-state index contributed by atoms with van der Waals surface area (Å²) >= 11 is 0. The fourth-order valence-corrected chi connectivity index (χ4v) is 1.52. The Bertz CT molecular complexity index is 273. The monoisotopic (exact) mass is 211 g/mol. The van der Waals surface area contributed by atoms with Gasteiger partial charge in [-0.05, 0) is 12.8 Å². The molecular weight excluding hydrogens is 190 g/mol. The van der Waals surface area contributed by atoms with Crippen molar-refractivity contribution in [1.82, 2.24) is 9.55 Å². The molecule has 1 N–H and O–H groups in total. The summed E-state index contributed by atoms with van der Waals surface area (Å²) in [6.45, 7) is 6.03. The lowest BCUT2D eigenvalue weighted by Crippen LogP contribution is -2.25. The molecule has 0 bridgehead atoms. The van der Waals surface area contributed by atoms with Gasteiger partial charge >= 0.3 is 0 Å². The van der Waals surface area contributed by atoms with Crippen LogP contribution in [0.2, 0.25) is 0 Å². The van der Waals surface area contributed by atoms with Crippen molar-refractivity contribution in [2.75, 3.05) is 19.0 Å². The predicted molar refractivity (Wildman–Crippen MR) is 62.1 cm³/mol. The second-order valence-corrected chi connectivity index (χ2v) is 3.65. The molecule has 1 unspecified atom stereocenters. The SMILES string of the molecule is CCCn1ccnc1NC(CC)COC. The molecule has 1 heterocycles. The van der Waals surface area contributed by atoms with Crippen LogP contribution in [-0.4, -0.2) is 29.3 Å². The van der Waals surface area contributed by atoms with Crippen LogP contribution < -0.4 is 5.32 Å². The second-order valence-electron chi connectivity index (χ2n) is 3.65. The maximum absolute atomic E-state index is 5.14. The lowest BCUT2D eigenvalue weighted by Gasteiger charge is -2.17. The van der Waals surface area contributed by atoms with E-state index in [4.69, 9.17) is 4.74 Å². The molecule has 4 heteroatoms. The molecule has 1 aromatic rings. The number of nitrogens with one attached hydrogen (secondary N) is 1. The largest absolute Gasteiger partial charge is 0.383 e. The average molecular weight is 211 g/mol. The van der Waals surface area contributed by atoms with Crippen LogP contribution in [0.5, 0.6) is 0 Å². The number of ether oxygens (including phenoxy) is 1. The minimum Gasteiger partial charge on any atom is -0.383 e. The summed E-state index contributed by atoms with van der Waals surface area (Å²) in [5.74, 6) is 0.945. The highest BCUT2D eigenvalue weighted by Crippen LogP contribution is 2.08. The van der Waals surface area contributed by atoms with E-state index in [1.54, 1.807) is 7.11 Å². The highest BCUT2D eigenvalue weighted by atomic mass is 16.5. The van der Waals surface area contributed by atoms with Gasteiger partial charge in [0, 0.05) is 26.0 Å². The molecule has 0 radical (unpaired) electrons. The van der Waals surface area contributed by atoms with Crippen molar-refractivity contribution in [2.24, 2.45) is 0 Å². The van der Waals surface area contributed by atoms with E-state index >= 15 is 0 Å². The lowest BCUT2D eigenvalue weighted by atomic mass is 10.2. The van der Waals surface area contributed by atoms with Crippen LogP contribution in [0.15, 0.2) is 12.4 Å². The second kappa shape index (κ2) is 6.45. The molecule has 0 spiro atoms. The first-order valence-corrected chi connectivity index (χ1v) is 5.58. The van der Waals surface area contributed by atoms with Crippen LogP contribution in [0.4, 0.5) is 5.95 Å². The Morgan fingerprint density at radius 3 is 2.93 bits per heavy atom. The van der Waals surface area contributed by atoms with Crippen molar-refractivity contribution in [2.45, 2.75) is 39.3 Å². The van der Waals surface area contributed by atoms with Gasteiger partial charge < -0.3 is 14.6 Å². The number of hydrogen-bond acceptors (Lipinski definition) is 3. The predicted octanol–water partition coefficient (Wildman–Crippen LogP) is 2.13. The molecule has 1 rings (SSSR count). The zero-order valence-corrected chi connectivity index (χ0v) is 9.86. The maximum Gasteiger partial charge on any atom is 0.203 e. The third-order valence-corrected chi connectivity index (χ3v) is 2.37. The molecule has 4 nitrogen and oxygen atoms in total. The minimum absolute atomic E-state index is 0.341. The fourth-order valence-electron chi connectivity index (χ4n) is 1.52. The first kappa shape index (κ1) is 12.0. The first-order chi connectivity index (χ1) is 7.31. The van der Waals surface area contributed by atoms with Crippen LogP contribution in [0.25, 0.3) is 0 Å². The lowest BCUT2D eigenvalue weighted by molar-refractivity contribution is 0.184. The smallest absolute Gasteiger partial charge is 0.203 e. The minimum atomic E-state index is 0.341. The molecule has 0 fully saturated rings. The molecule has 0 saturated heterocycles. The summed E-state index contributed by atoms with van der Waals surface area (Å²) in [4.78, 5) is 4.30. The average Bonchev–Trinajstić information content (AvgIpc) is 2.66. The normalized spacial score (nSPS) is 12.7. The Morgan fingerprint density at radius 2 is 2.33 bits per heavy atom. The molecule has 0 aliphatic heterocycles. The van der Waals surface area contributed by atoms with E-state index < -0.39 is 0 Å². The Hall–Kier alpha value is -1.03. The third kappa shape index (κ3) is 3.55. The van der Waals surface area contributed by atoms with Crippen LogP contribution in [-0.2, 0) is 11.3 Å². The highest BCUT2D eigenvalue weighted by molar-refractivity contribution is 5.27. The number of methoxy groups -OCH3 is 1. The summed E-state index contributed by atoms with van der Waals surface area (Å²) in [6, 6.07) is 0.341. The topological polar surface area (TPSA) is 39.1 Å². The van der Waals surface area contributed by atoms with Gasteiger partial charge in [0.05, 0.1) is 12.6 Å². The van der Waals surface area contributed by atoms with Gasteiger partial charge in [0.1, 0.15) is 0 Å². The standard InChI is InChI=1S/C11H21N3O/c1-4-7-14-8-6-12-11(14)13-10(5-2)9-15-3/h6,8,10H,4-5,7,9H2,1-3H3,(H,12,13). The van der Waals surface area contributed by atoms with E-state index in [0.717, 1.165) is 31.9 Å². The van der Waals surface area contributed by atoms with Gasteiger partial charge in [-0.3, -0.25) is 0 Å². The van der Waals surface area contributed by atoms with Gasteiger partial charge in [0.2, 0.25) is 5.95 Å². The number of aryl methyl sites for hydroxylation is 1. The number of anilines is 1. The molecule has 0 saturated carbocycles. The van der Waals surface area contributed by atoms with E-state index in [2.05, 4.69) is 28.7 Å². The number of hydrogen-bond donors (Lipinski definition) is 1. The summed E-state index contributed by atoms with van der Waals surface area (Å²) in [5.41, 5.74) is 0. The maximum atomic E-state index is 5.14. The van der Waals surface area contributed by atoms with Crippen molar-refractivity contribution in [3.8, 4) is 0 Å². The number of imidazole rings is 1. The van der Waals surface area contributed by atoms with Crippen LogP contribution in [0.3, 0.4) is 0 Å². The van der Waals surface area contributed by atoms with Gasteiger partial charge in [-0.2, -0.15) is 0 Å². The molecular formula is C11H21N3O. The first-order valence-electron chi connectivity index (χ1n) is 5.58. The van der Waals surface area contributed by atoms with E-state index in [1.807, 2.05) is 12.4 Å². The quantitative estimate of drug-likeness (QED) is 0.751. The third-order valence-electron chi connectivity index (χ3n) is 2.37. The Labute approximate surface area is 91.7 Å². The molecule has 0 aliphatic carbocycles. The summed E-state index contributed by atoms with van der Waals surface area (Å²) in [7, 11) is 1.73. The molecule has 15 heavy (non-hydrogen) atoms. The zero-order valence-electron chi connectivity index (χ0n) is 9.86. The van der Waals surface area contributed by atoms with Crippen molar-refractivity contribution in [3.05, 3.63) is 12.4 Å². The molecule has 1 aromatic heterocycles. The number of nitrogens with zero attached hydrogens (tertiary/aromatic N) is 2. The molecule has 0 amide bonds. The summed E-state index contributed by atoms with van der Waals surface area (Å²) in [5, 5.41) is 3.39. The van der Waals surface area contributed by atoms with E-state index in [-0.39, 0.29) is 0 Å². The Kier molecular flexibility index (Phi) is 5.18. The van der Waals surface area contributed by atoms with Gasteiger partial charge in [0.25, 0.3) is 0 Å².